The first-order valence-electron chi connectivity index (χ1n) is 11.3. The molecule has 0 saturated heterocycles. The molecule has 6 rings (SSSR count). The zero-order chi connectivity index (χ0) is 24.8. The molecule has 0 saturated carbocycles. The zero-order valence-electron chi connectivity index (χ0n) is 19.1. The fraction of sp³-hybridized carbons (Fsp3) is 0.0345. The summed E-state index contributed by atoms with van der Waals surface area (Å²) in [7, 11) is 0. The van der Waals surface area contributed by atoms with Crippen molar-refractivity contribution in [2.24, 2.45) is 0 Å². The van der Waals surface area contributed by atoms with Crippen molar-refractivity contribution in [2.75, 3.05) is 5.32 Å². The second-order valence-electron chi connectivity index (χ2n) is 8.44. The van der Waals surface area contributed by atoms with Gasteiger partial charge in [-0.3, -0.25) is 9.20 Å². The van der Waals surface area contributed by atoms with Crippen LogP contribution in [0.15, 0.2) is 92.9 Å². The molecule has 7 nitrogen and oxygen atoms in total. The van der Waals surface area contributed by atoms with Crippen molar-refractivity contribution in [3.05, 3.63) is 116 Å². The summed E-state index contributed by atoms with van der Waals surface area (Å²) in [5.74, 6) is 0. The molecule has 3 aromatic heterocycles. The van der Waals surface area contributed by atoms with Crippen molar-refractivity contribution in [3.8, 4) is 17.2 Å². The first kappa shape index (κ1) is 21.3. The van der Waals surface area contributed by atoms with E-state index >= 15 is 0 Å². The molecule has 7 heteroatoms. The van der Waals surface area contributed by atoms with E-state index in [1.807, 2.05) is 72.8 Å². The van der Waals surface area contributed by atoms with Crippen LogP contribution in [0.3, 0.4) is 0 Å². The van der Waals surface area contributed by atoms with Gasteiger partial charge in [-0.05, 0) is 54.4 Å². The summed E-state index contributed by atoms with van der Waals surface area (Å²) in [5, 5.41) is 14.2. The summed E-state index contributed by atoms with van der Waals surface area (Å²) in [5.41, 5.74) is 4.38. The Kier molecular flexibility index (Phi) is 4.87. The fourth-order valence-electron chi connectivity index (χ4n) is 4.45. The van der Waals surface area contributed by atoms with E-state index in [4.69, 9.17) is 4.42 Å². The smallest absolute Gasteiger partial charge is 0.344 e. The quantitative estimate of drug-likeness (QED) is 0.386. The van der Waals surface area contributed by atoms with Crippen LogP contribution in [-0.2, 0) is 0 Å². The lowest BCUT2D eigenvalue weighted by molar-refractivity contribution is 0.563. The van der Waals surface area contributed by atoms with Gasteiger partial charge in [-0.15, -0.1) is 0 Å². The summed E-state index contributed by atoms with van der Waals surface area (Å²) >= 11 is 0. The van der Waals surface area contributed by atoms with E-state index < -0.39 is 5.63 Å². The Labute approximate surface area is 204 Å². The van der Waals surface area contributed by atoms with E-state index in [0.717, 1.165) is 16.6 Å². The van der Waals surface area contributed by atoms with E-state index in [1.165, 1.54) is 4.40 Å². The molecule has 3 heterocycles. The summed E-state index contributed by atoms with van der Waals surface area (Å²) < 4.78 is 6.93. The number of rotatable bonds is 3. The predicted octanol–water partition coefficient (Wildman–Crippen LogP) is 4.37. The maximum Gasteiger partial charge on any atom is 0.344 e. The lowest BCUT2D eigenvalue weighted by Crippen LogP contribution is -2.34. The molecule has 0 aliphatic rings. The first-order valence-corrected chi connectivity index (χ1v) is 11.3. The second-order valence-corrected chi connectivity index (χ2v) is 8.44. The van der Waals surface area contributed by atoms with Gasteiger partial charge in [-0.25, -0.2) is 9.78 Å². The Morgan fingerprint density at radius 3 is 2.56 bits per heavy atom. The highest BCUT2D eigenvalue weighted by atomic mass is 16.4. The molecule has 172 valence electrons. The Bertz CT molecular complexity index is 2030. The molecule has 0 amide bonds. The number of nitrogens with one attached hydrogen (secondary N) is 1. The van der Waals surface area contributed by atoms with Gasteiger partial charge in [0.25, 0.3) is 5.56 Å². The third-order valence-electron chi connectivity index (χ3n) is 6.33. The van der Waals surface area contributed by atoms with Gasteiger partial charge in [0.15, 0.2) is 5.65 Å². The number of benzene rings is 3. The fourth-order valence-corrected chi connectivity index (χ4v) is 4.45. The van der Waals surface area contributed by atoms with Crippen LogP contribution in [-0.4, -0.2) is 9.38 Å². The minimum absolute atomic E-state index is 0.256. The summed E-state index contributed by atoms with van der Waals surface area (Å²) in [6, 6.07) is 26.0. The molecule has 0 unspecified atom stereocenters. The van der Waals surface area contributed by atoms with Crippen molar-refractivity contribution >= 4 is 39.5 Å². The number of aromatic nitrogens is 2. The Morgan fingerprint density at radius 2 is 1.75 bits per heavy atom. The number of hydrogen-bond acceptors (Lipinski definition) is 6. The van der Waals surface area contributed by atoms with E-state index in [-0.39, 0.29) is 5.56 Å². The van der Waals surface area contributed by atoms with Crippen molar-refractivity contribution in [2.45, 2.75) is 6.92 Å². The average Bonchev–Trinajstić information content (AvgIpc) is 3.28. The molecule has 0 spiro atoms. The van der Waals surface area contributed by atoms with Crippen LogP contribution >= 0.6 is 0 Å². The monoisotopic (exact) mass is 470 g/mol. The molecular formula is C29H18N4O3. The van der Waals surface area contributed by atoms with Crippen molar-refractivity contribution < 1.29 is 4.42 Å². The van der Waals surface area contributed by atoms with Crippen LogP contribution in [0.5, 0.6) is 0 Å². The van der Waals surface area contributed by atoms with Gasteiger partial charge < -0.3 is 9.73 Å². The number of nitrogens with zero attached hydrogens (tertiary/aromatic N) is 3. The third kappa shape index (κ3) is 3.32. The number of anilines is 1. The Hall–Kier alpha value is -5.22. The Balaban J connectivity index is 1.41. The van der Waals surface area contributed by atoms with E-state index in [0.29, 0.717) is 44.2 Å². The van der Waals surface area contributed by atoms with E-state index in [1.54, 1.807) is 19.2 Å². The number of hydrogen-bond donors (Lipinski definition) is 1. The van der Waals surface area contributed by atoms with Crippen LogP contribution in [0.4, 0.5) is 5.69 Å². The zero-order valence-corrected chi connectivity index (χ0v) is 19.1. The molecule has 0 atom stereocenters. The lowest BCUT2D eigenvalue weighted by atomic mass is 10.1. The molecule has 36 heavy (non-hydrogen) atoms. The predicted molar refractivity (Wildman–Crippen MR) is 140 cm³/mol. The highest BCUT2D eigenvalue weighted by Gasteiger charge is 2.16. The Morgan fingerprint density at radius 1 is 1.00 bits per heavy atom. The van der Waals surface area contributed by atoms with Crippen LogP contribution in [0.25, 0.3) is 45.0 Å². The third-order valence-corrected chi connectivity index (χ3v) is 6.33. The molecule has 3 aromatic carbocycles. The summed E-state index contributed by atoms with van der Waals surface area (Å²) in [4.78, 5) is 30.4. The maximum atomic E-state index is 13.4. The van der Waals surface area contributed by atoms with Crippen molar-refractivity contribution in [1.29, 1.82) is 5.26 Å². The normalized spacial score (nSPS) is 11.8. The highest BCUT2D eigenvalue weighted by Crippen LogP contribution is 2.23. The lowest BCUT2D eigenvalue weighted by Gasteiger charge is -2.06. The summed E-state index contributed by atoms with van der Waals surface area (Å²) in [6.45, 7) is 1.74. The van der Waals surface area contributed by atoms with Gasteiger partial charge >= 0.3 is 5.63 Å². The van der Waals surface area contributed by atoms with Gasteiger partial charge in [0.1, 0.15) is 11.7 Å². The van der Waals surface area contributed by atoms with Crippen molar-refractivity contribution in [1.82, 2.24) is 9.38 Å². The van der Waals surface area contributed by atoms with Gasteiger partial charge in [0, 0.05) is 17.3 Å². The second kappa shape index (κ2) is 8.22. The topological polar surface area (TPSA) is 100 Å². The van der Waals surface area contributed by atoms with Crippen LogP contribution in [0.1, 0.15) is 11.1 Å². The molecule has 0 aliphatic carbocycles. The van der Waals surface area contributed by atoms with Crippen LogP contribution < -0.4 is 21.7 Å². The van der Waals surface area contributed by atoms with Gasteiger partial charge in [0.2, 0.25) is 0 Å². The number of pyridine rings is 1. The molecule has 0 radical (unpaired) electrons. The minimum Gasteiger partial charge on any atom is -0.422 e. The SMILES string of the molecule is Cc1c(C#N)c2nc3ccccc3n2c(=O)c1=CNc1ccc(-c2cc3ccccc3oc2=O)cc1. The van der Waals surface area contributed by atoms with E-state index in [2.05, 4.69) is 16.4 Å². The minimum atomic E-state index is -0.405. The van der Waals surface area contributed by atoms with Gasteiger partial charge in [-0.1, -0.05) is 42.5 Å². The average molecular weight is 470 g/mol. The molecule has 0 bridgehead atoms. The molecule has 6 aromatic rings. The largest absolute Gasteiger partial charge is 0.422 e. The molecule has 0 fully saturated rings. The standard InChI is InChI=1S/C29H18N4O3/c1-17-22(15-30)27-32-24-7-3-4-8-25(24)33(27)28(34)23(17)16-31-20-12-10-18(11-13-20)21-14-19-6-2-5-9-26(19)36-29(21)35/h2-14,16,31H,1H3. The number of nitriles is 1. The number of fused-ring (bicyclic) bond motifs is 4. The highest BCUT2D eigenvalue weighted by molar-refractivity contribution is 5.83. The number of imidazole rings is 1. The van der Waals surface area contributed by atoms with Crippen molar-refractivity contribution in [3.63, 3.8) is 0 Å². The van der Waals surface area contributed by atoms with Gasteiger partial charge in [0.05, 0.1) is 27.4 Å². The molecular weight excluding hydrogens is 452 g/mol. The van der Waals surface area contributed by atoms with Crippen LogP contribution in [0.2, 0.25) is 0 Å². The van der Waals surface area contributed by atoms with Gasteiger partial charge in [-0.2, -0.15) is 5.26 Å². The molecule has 1 N–H and O–H groups in total. The van der Waals surface area contributed by atoms with E-state index in [9.17, 15) is 14.9 Å². The molecule has 0 aliphatic heterocycles. The maximum absolute atomic E-state index is 13.4. The number of para-hydroxylation sites is 3. The van der Waals surface area contributed by atoms with Crippen LogP contribution in [0, 0.1) is 18.3 Å². The summed E-state index contributed by atoms with van der Waals surface area (Å²) in [6.07, 6.45) is 1.60. The first-order chi connectivity index (χ1) is 17.5.